The van der Waals surface area contributed by atoms with Crippen molar-refractivity contribution in [2.45, 2.75) is 5.88 Å². The van der Waals surface area contributed by atoms with E-state index >= 15 is 0 Å². The molecule has 0 amide bonds. The van der Waals surface area contributed by atoms with Gasteiger partial charge in [-0.15, -0.1) is 11.6 Å². The molecule has 0 aliphatic heterocycles. The molecule has 0 aliphatic carbocycles. The third-order valence-electron chi connectivity index (χ3n) is 1.67. The molecule has 2 rings (SSSR count). The number of pyridine rings is 1. The first kappa shape index (κ1) is 8.26. The van der Waals surface area contributed by atoms with Gasteiger partial charge in [-0.05, 0) is 12.1 Å². The van der Waals surface area contributed by atoms with E-state index < -0.39 is 0 Å². The highest BCUT2D eigenvalue weighted by Crippen LogP contribution is 2.06. The van der Waals surface area contributed by atoms with Crippen molar-refractivity contribution in [1.29, 1.82) is 0 Å². The van der Waals surface area contributed by atoms with E-state index in [9.17, 15) is 0 Å². The first-order chi connectivity index (χ1) is 6.40. The summed E-state index contributed by atoms with van der Waals surface area (Å²) in [5.41, 5.74) is 0.993. The summed E-state index contributed by atoms with van der Waals surface area (Å²) in [5.74, 6) is 1.28. The molecule has 0 saturated heterocycles. The molecule has 0 atom stereocenters. The third kappa shape index (κ3) is 1.70. The van der Waals surface area contributed by atoms with Gasteiger partial charge in [-0.1, -0.05) is 6.07 Å². The standard InChI is InChI=1S/C9H8ClN3/c10-5-8-6-12-13(7-8)9-3-1-2-4-11-9/h1-4,6-7H,5H2. The summed E-state index contributed by atoms with van der Waals surface area (Å²) >= 11 is 5.65. The van der Waals surface area contributed by atoms with Crippen molar-refractivity contribution in [2.24, 2.45) is 0 Å². The maximum Gasteiger partial charge on any atom is 0.153 e. The van der Waals surface area contributed by atoms with Crippen LogP contribution in [0.5, 0.6) is 0 Å². The molecule has 0 aromatic carbocycles. The number of hydrogen-bond donors (Lipinski definition) is 0. The topological polar surface area (TPSA) is 30.7 Å². The van der Waals surface area contributed by atoms with E-state index in [1.165, 1.54) is 0 Å². The van der Waals surface area contributed by atoms with Crippen LogP contribution in [0.3, 0.4) is 0 Å². The van der Waals surface area contributed by atoms with Gasteiger partial charge in [0.25, 0.3) is 0 Å². The quantitative estimate of drug-likeness (QED) is 0.684. The Labute approximate surface area is 81.0 Å². The van der Waals surface area contributed by atoms with Crippen molar-refractivity contribution in [1.82, 2.24) is 14.8 Å². The number of rotatable bonds is 2. The SMILES string of the molecule is ClCc1cnn(-c2ccccn2)c1. The van der Waals surface area contributed by atoms with Crippen molar-refractivity contribution in [3.63, 3.8) is 0 Å². The third-order valence-corrected chi connectivity index (χ3v) is 1.98. The van der Waals surface area contributed by atoms with Crippen LogP contribution in [0.2, 0.25) is 0 Å². The number of nitrogens with zero attached hydrogens (tertiary/aromatic N) is 3. The summed E-state index contributed by atoms with van der Waals surface area (Å²) in [6.45, 7) is 0. The highest BCUT2D eigenvalue weighted by Gasteiger charge is 1.98. The van der Waals surface area contributed by atoms with Crippen LogP contribution < -0.4 is 0 Å². The Bertz CT molecular complexity index is 383. The van der Waals surface area contributed by atoms with Gasteiger partial charge in [-0.3, -0.25) is 0 Å². The number of alkyl halides is 1. The van der Waals surface area contributed by atoms with Crippen molar-refractivity contribution in [3.8, 4) is 5.82 Å². The average molecular weight is 194 g/mol. The number of halogens is 1. The molecule has 0 saturated carbocycles. The molecule has 0 N–H and O–H groups in total. The Hall–Kier alpha value is -1.35. The zero-order chi connectivity index (χ0) is 9.10. The second kappa shape index (κ2) is 3.58. The molecular formula is C9H8ClN3. The van der Waals surface area contributed by atoms with Crippen LogP contribution in [0, 0.1) is 0 Å². The number of hydrogen-bond acceptors (Lipinski definition) is 2. The number of aromatic nitrogens is 3. The van der Waals surface area contributed by atoms with Gasteiger partial charge in [0.15, 0.2) is 5.82 Å². The summed E-state index contributed by atoms with van der Waals surface area (Å²) < 4.78 is 1.71. The lowest BCUT2D eigenvalue weighted by Gasteiger charge is -1.96. The molecule has 2 heterocycles. The highest BCUT2D eigenvalue weighted by atomic mass is 35.5. The highest BCUT2D eigenvalue weighted by molar-refractivity contribution is 6.17. The van der Waals surface area contributed by atoms with Crippen LogP contribution in [0.15, 0.2) is 36.8 Å². The van der Waals surface area contributed by atoms with Gasteiger partial charge in [0.2, 0.25) is 0 Å². The molecule has 13 heavy (non-hydrogen) atoms. The van der Waals surface area contributed by atoms with Gasteiger partial charge in [0, 0.05) is 18.0 Å². The monoisotopic (exact) mass is 193 g/mol. The Morgan fingerprint density at radius 2 is 2.31 bits per heavy atom. The predicted octanol–water partition coefficient (Wildman–Crippen LogP) is 2.01. The van der Waals surface area contributed by atoms with E-state index in [1.807, 2.05) is 24.4 Å². The lowest BCUT2D eigenvalue weighted by Crippen LogP contribution is -1.95. The van der Waals surface area contributed by atoms with E-state index in [4.69, 9.17) is 11.6 Å². The Kier molecular flexibility index (Phi) is 2.27. The molecule has 3 nitrogen and oxygen atoms in total. The molecule has 0 fully saturated rings. The molecule has 4 heteroatoms. The fourth-order valence-corrected chi connectivity index (χ4v) is 1.18. The zero-order valence-electron chi connectivity index (χ0n) is 6.89. The van der Waals surface area contributed by atoms with Gasteiger partial charge in [0.1, 0.15) is 0 Å². The molecular weight excluding hydrogens is 186 g/mol. The second-order valence-corrected chi connectivity index (χ2v) is 2.88. The maximum atomic E-state index is 5.65. The minimum Gasteiger partial charge on any atom is -0.237 e. The second-order valence-electron chi connectivity index (χ2n) is 2.61. The van der Waals surface area contributed by atoms with Gasteiger partial charge >= 0.3 is 0 Å². The predicted molar refractivity (Wildman–Crippen MR) is 50.9 cm³/mol. The van der Waals surface area contributed by atoms with Crippen LogP contribution in [-0.2, 0) is 5.88 Å². The summed E-state index contributed by atoms with van der Waals surface area (Å²) in [4.78, 5) is 4.15. The molecule has 0 bridgehead atoms. The zero-order valence-corrected chi connectivity index (χ0v) is 7.65. The molecule has 0 unspecified atom stereocenters. The van der Waals surface area contributed by atoms with E-state index in [-0.39, 0.29) is 0 Å². The van der Waals surface area contributed by atoms with E-state index in [0.29, 0.717) is 5.88 Å². The first-order valence-corrected chi connectivity index (χ1v) is 4.44. The lowest BCUT2D eigenvalue weighted by molar-refractivity contribution is 0.846. The fraction of sp³-hybridized carbons (Fsp3) is 0.111. The van der Waals surface area contributed by atoms with Crippen molar-refractivity contribution < 1.29 is 0 Å². The molecule has 2 aromatic rings. The molecule has 66 valence electrons. The molecule has 0 aliphatic rings. The Balaban J connectivity index is 2.36. The van der Waals surface area contributed by atoms with Crippen molar-refractivity contribution in [3.05, 3.63) is 42.4 Å². The van der Waals surface area contributed by atoms with Crippen LogP contribution in [0.1, 0.15) is 5.56 Å². The molecule has 0 spiro atoms. The summed E-state index contributed by atoms with van der Waals surface area (Å²) in [6, 6.07) is 5.69. The van der Waals surface area contributed by atoms with Crippen molar-refractivity contribution >= 4 is 11.6 Å². The largest absolute Gasteiger partial charge is 0.237 e. The average Bonchev–Trinajstić information content (AvgIpc) is 2.67. The Morgan fingerprint density at radius 1 is 1.38 bits per heavy atom. The fourth-order valence-electron chi connectivity index (χ4n) is 1.04. The smallest absolute Gasteiger partial charge is 0.153 e. The summed E-state index contributed by atoms with van der Waals surface area (Å²) in [6.07, 6.45) is 5.34. The van der Waals surface area contributed by atoms with Crippen LogP contribution in [-0.4, -0.2) is 14.8 Å². The molecule has 0 radical (unpaired) electrons. The van der Waals surface area contributed by atoms with Crippen molar-refractivity contribution in [2.75, 3.05) is 0 Å². The van der Waals surface area contributed by atoms with Gasteiger partial charge in [-0.2, -0.15) is 5.10 Å². The lowest BCUT2D eigenvalue weighted by atomic mass is 10.4. The normalized spacial score (nSPS) is 10.2. The van der Waals surface area contributed by atoms with E-state index in [1.54, 1.807) is 17.1 Å². The van der Waals surface area contributed by atoms with Gasteiger partial charge in [-0.25, -0.2) is 9.67 Å². The van der Waals surface area contributed by atoms with Crippen LogP contribution in [0.4, 0.5) is 0 Å². The van der Waals surface area contributed by atoms with E-state index in [0.717, 1.165) is 11.4 Å². The van der Waals surface area contributed by atoms with Gasteiger partial charge in [0.05, 0.1) is 12.1 Å². The minimum absolute atomic E-state index is 0.479. The maximum absolute atomic E-state index is 5.65. The minimum atomic E-state index is 0.479. The molecule has 2 aromatic heterocycles. The Morgan fingerprint density at radius 3 is 2.92 bits per heavy atom. The van der Waals surface area contributed by atoms with Gasteiger partial charge < -0.3 is 0 Å². The first-order valence-electron chi connectivity index (χ1n) is 3.91. The summed E-state index contributed by atoms with van der Waals surface area (Å²) in [7, 11) is 0. The van der Waals surface area contributed by atoms with Crippen LogP contribution >= 0.6 is 11.6 Å². The summed E-state index contributed by atoms with van der Waals surface area (Å²) in [5, 5.41) is 4.13. The van der Waals surface area contributed by atoms with E-state index in [2.05, 4.69) is 10.1 Å². The van der Waals surface area contributed by atoms with Crippen LogP contribution in [0.25, 0.3) is 5.82 Å².